The van der Waals surface area contributed by atoms with Gasteiger partial charge in [0.2, 0.25) is 0 Å². The number of allylic oxidation sites excluding steroid dienone is 1. The van der Waals surface area contributed by atoms with Crippen LogP contribution in [0.5, 0.6) is 0 Å². The third-order valence-corrected chi connectivity index (χ3v) is 2.86. The number of halogens is 2. The largest absolute Gasteiger partial charge is 0.324 e. The Morgan fingerprint density at radius 2 is 2.13 bits per heavy atom. The highest BCUT2D eigenvalue weighted by Gasteiger charge is 2.09. The summed E-state index contributed by atoms with van der Waals surface area (Å²) in [6.45, 7) is 3.67. The van der Waals surface area contributed by atoms with E-state index in [1.54, 1.807) is 12.1 Å². The van der Waals surface area contributed by atoms with Crippen LogP contribution in [0.3, 0.4) is 0 Å². The van der Waals surface area contributed by atoms with Crippen molar-refractivity contribution >= 4 is 23.2 Å². The van der Waals surface area contributed by atoms with Crippen LogP contribution in [-0.4, -0.2) is 0 Å². The van der Waals surface area contributed by atoms with Crippen molar-refractivity contribution in [2.45, 2.75) is 25.3 Å². The maximum atomic E-state index is 6.05. The van der Waals surface area contributed by atoms with Crippen molar-refractivity contribution in [1.82, 2.24) is 0 Å². The number of benzene rings is 1. The van der Waals surface area contributed by atoms with E-state index < -0.39 is 0 Å². The lowest BCUT2D eigenvalue weighted by Crippen LogP contribution is -2.10. The topological polar surface area (TPSA) is 26.0 Å². The number of nitrogens with two attached hydrogens (primary N) is 1. The summed E-state index contributed by atoms with van der Waals surface area (Å²) < 4.78 is 0. The Morgan fingerprint density at radius 1 is 1.40 bits per heavy atom. The van der Waals surface area contributed by atoms with Crippen LogP contribution < -0.4 is 5.73 Å². The van der Waals surface area contributed by atoms with E-state index in [0.717, 1.165) is 24.8 Å². The molecule has 0 aliphatic heterocycles. The number of hydrogen-bond donors (Lipinski definition) is 1. The molecule has 1 nitrogen and oxygen atoms in total. The maximum Gasteiger partial charge on any atom is 0.0454 e. The first-order chi connectivity index (χ1) is 7.15. The fourth-order valence-electron chi connectivity index (χ4n) is 1.44. The van der Waals surface area contributed by atoms with Gasteiger partial charge in [0.15, 0.2) is 0 Å². The van der Waals surface area contributed by atoms with E-state index in [9.17, 15) is 0 Å². The van der Waals surface area contributed by atoms with Crippen LogP contribution in [0.25, 0.3) is 0 Å². The molecular weight excluding hydrogens is 229 g/mol. The Kier molecular flexibility index (Phi) is 5.16. The average molecular weight is 244 g/mol. The van der Waals surface area contributed by atoms with Crippen LogP contribution >= 0.6 is 23.2 Å². The normalized spacial score (nSPS) is 12.5. The van der Waals surface area contributed by atoms with Gasteiger partial charge in [-0.05, 0) is 43.0 Å². The minimum atomic E-state index is -0.0452. The zero-order chi connectivity index (χ0) is 11.3. The molecule has 0 radical (unpaired) electrons. The molecule has 2 N–H and O–H groups in total. The van der Waals surface area contributed by atoms with Gasteiger partial charge in [-0.15, -0.1) is 6.58 Å². The number of hydrogen-bond acceptors (Lipinski definition) is 1. The summed E-state index contributed by atoms with van der Waals surface area (Å²) in [5.41, 5.74) is 6.95. The summed E-state index contributed by atoms with van der Waals surface area (Å²) in [5, 5.41) is 1.36. The molecular formula is C12H15Cl2N. The van der Waals surface area contributed by atoms with Crippen molar-refractivity contribution in [2.75, 3.05) is 0 Å². The Balaban J connectivity index is 2.67. The van der Waals surface area contributed by atoms with Gasteiger partial charge >= 0.3 is 0 Å². The molecule has 1 atom stereocenters. The second-order valence-electron chi connectivity index (χ2n) is 3.49. The summed E-state index contributed by atoms with van der Waals surface area (Å²) in [7, 11) is 0. The van der Waals surface area contributed by atoms with Gasteiger partial charge < -0.3 is 5.73 Å². The highest BCUT2D eigenvalue weighted by molar-refractivity contribution is 6.33. The average Bonchev–Trinajstić information content (AvgIpc) is 2.22. The summed E-state index contributed by atoms with van der Waals surface area (Å²) in [4.78, 5) is 0. The van der Waals surface area contributed by atoms with E-state index in [1.165, 1.54) is 0 Å². The second-order valence-corrected chi connectivity index (χ2v) is 4.34. The summed E-state index contributed by atoms with van der Waals surface area (Å²) >= 11 is 11.9. The molecule has 1 rings (SSSR count). The van der Waals surface area contributed by atoms with Gasteiger partial charge in [0.1, 0.15) is 0 Å². The molecule has 15 heavy (non-hydrogen) atoms. The SMILES string of the molecule is C=CCCCC(N)c1cc(Cl)ccc1Cl. The molecule has 0 aliphatic carbocycles. The molecule has 0 amide bonds. The number of unbranched alkanes of at least 4 members (excludes halogenated alkanes) is 1. The van der Waals surface area contributed by atoms with Crippen LogP contribution in [0.1, 0.15) is 30.9 Å². The van der Waals surface area contributed by atoms with Crippen molar-refractivity contribution in [3.8, 4) is 0 Å². The molecule has 0 bridgehead atoms. The van der Waals surface area contributed by atoms with Crippen LogP contribution in [0.4, 0.5) is 0 Å². The minimum absolute atomic E-state index is 0.0452. The zero-order valence-electron chi connectivity index (χ0n) is 8.55. The van der Waals surface area contributed by atoms with E-state index in [2.05, 4.69) is 6.58 Å². The van der Waals surface area contributed by atoms with Crippen LogP contribution in [0, 0.1) is 0 Å². The Labute approximate surface area is 101 Å². The molecule has 0 saturated carbocycles. The second kappa shape index (κ2) is 6.16. The van der Waals surface area contributed by atoms with Crippen molar-refractivity contribution < 1.29 is 0 Å². The maximum absolute atomic E-state index is 6.05. The van der Waals surface area contributed by atoms with Crippen molar-refractivity contribution in [2.24, 2.45) is 5.73 Å². The molecule has 1 aromatic rings. The standard InChI is InChI=1S/C12H15Cl2N/c1-2-3-4-5-12(15)10-8-9(13)6-7-11(10)14/h2,6-8,12H,1,3-5,15H2. The third-order valence-electron chi connectivity index (χ3n) is 2.28. The molecule has 82 valence electrons. The Bertz CT molecular complexity index is 336. The lowest BCUT2D eigenvalue weighted by atomic mass is 10.0. The van der Waals surface area contributed by atoms with Gasteiger partial charge in [0.05, 0.1) is 0 Å². The van der Waals surface area contributed by atoms with Crippen LogP contribution in [0.2, 0.25) is 10.0 Å². The van der Waals surface area contributed by atoms with E-state index in [4.69, 9.17) is 28.9 Å². The molecule has 3 heteroatoms. The van der Waals surface area contributed by atoms with Gasteiger partial charge in [-0.3, -0.25) is 0 Å². The molecule has 0 heterocycles. The number of rotatable bonds is 5. The predicted octanol–water partition coefficient (Wildman–Crippen LogP) is 4.35. The fraction of sp³-hybridized carbons (Fsp3) is 0.333. The van der Waals surface area contributed by atoms with Crippen molar-refractivity contribution in [1.29, 1.82) is 0 Å². The fourth-order valence-corrected chi connectivity index (χ4v) is 1.87. The van der Waals surface area contributed by atoms with E-state index in [-0.39, 0.29) is 6.04 Å². The zero-order valence-corrected chi connectivity index (χ0v) is 10.1. The summed E-state index contributed by atoms with van der Waals surface area (Å²) in [6.07, 6.45) is 4.79. The van der Waals surface area contributed by atoms with Gasteiger partial charge in [-0.1, -0.05) is 29.3 Å². The van der Waals surface area contributed by atoms with E-state index >= 15 is 0 Å². The lowest BCUT2D eigenvalue weighted by Gasteiger charge is -2.13. The molecule has 0 saturated heterocycles. The molecule has 0 aliphatic rings. The van der Waals surface area contributed by atoms with Crippen LogP contribution in [-0.2, 0) is 0 Å². The van der Waals surface area contributed by atoms with Gasteiger partial charge in [-0.2, -0.15) is 0 Å². The first kappa shape index (κ1) is 12.6. The molecule has 0 aromatic heterocycles. The quantitative estimate of drug-likeness (QED) is 0.604. The van der Waals surface area contributed by atoms with Crippen molar-refractivity contribution in [3.63, 3.8) is 0 Å². The van der Waals surface area contributed by atoms with Gasteiger partial charge in [-0.25, -0.2) is 0 Å². The summed E-state index contributed by atoms with van der Waals surface area (Å²) in [6, 6.07) is 5.34. The molecule has 0 fully saturated rings. The summed E-state index contributed by atoms with van der Waals surface area (Å²) in [5.74, 6) is 0. The predicted molar refractivity (Wildman–Crippen MR) is 67.4 cm³/mol. The lowest BCUT2D eigenvalue weighted by molar-refractivity contribution is 0.617. The monoisotopic (exact) mass is 243 g/mol. The molecule has 1 unspecified atom stereocenters. The smallest absolute Gasteiger partial charge is 0.0454 e. The third kappa shape index (κ3) is 3.86. The minimum Gasteiger partial charge on any atom is -0.324 e. The van der Waals surface area contributed by atoms with Crippen LogP contribution in [0.15, 0.2) is 30.9 Å². The molecule has 0 spiro atoms. The van der Waals surface area contributed by atoms with Gasteiger partial charge in [0.25, 0.3) is 0 Å². The highest BCUT2D eigenvalue weighted by Crippen LogP contribution is 2.27. The van der Waals surface area contributed by atoms with Crippen molar-refractivity contribution in [3.05, 3.63) is 46.5 Å². The molecule has 1 aromatic carbocycles. The van der Waals surface area contributed by atoms with E-state index in [1.807, 2.05) is 12.1 Å². The van der Waals surface area contributed by atoms with Gasteiger partial charge in [0, 0.05) is 16.1 Å². The first-order valence-corrected chi connectivity index (χ1v) is 5.72. The van der Waals surface area contributed by atoms with E-state index in [0.29, 0.717) is 10.0 Å². The first-order valence-electron chi connectivity index (χ1n) is 4.96. The Morgan fingerprint density at radius 3 is 2.80 bits per heavy atom. The highest BCUT2D eigenvalue weighted by atomic mass is 35.5. The Hall–Kier alpha value is -0.500.